The summed E-state index contributed by atoms with van der Waals surface area (Å²) >= 11 is 7.58. The van der Waals surface area contributed by atoms with Gasteiger partial charge >= 0.3 is 0 Å². The predicted molar refractivity (Wildman–Crippen MR) is 95.2 cm³/mol. The van der Waals surface area contributed by atoms with Gasteiger partial charge in [0.25, 0.3) is 5.56 Å². The Morgan fingerprint density at radius 2 is 2.32 bits per heavy atom. The number of pyridine rings is 1. The van der Waals surface area contributed by atoms with Gasteiger partial charge in [0.05, 0.1) is 22.3 Å². The molecule has 1 aliphatic rings. The Morgan fingerprint density at radius 3 is 3.12 bits per heavy atom. The fourth-order valence-electron chi connectivity index (χ4n) is 2.96. The third kappa shape index (κ3) is 3.35. The average molecular weight is 377 g/mol. The summed E-state index contributed by atoms with van der Waals surface area (Å²) in [6.45, 7) is 1.62. The normalized spacial score (nSPS) is 14.5. The van der Waals surface area contributed by atoms with E-state index in [0.29, 0.717) is 36.5 Å². The second-order valence-corrected chi connectivity index (χ2v) is 7.19. The van der Waals surface area contributed by atoms with Gasteiger partial charge in [-0.05, 0) is 17.5 Å². The molecule has 0 unspecified atom stereocenters. The molecule has 128 valence electrons. The lowest BCUT2D eigenvalue weighted by Crippen LogP contribution is -2.35. The first-order chi connectivity index (χ1) is 12.1. The van der Waals surface area contributed by atoms with Crippen LogP contribution in [0.25, 0.3) is 10.7 Å². The van der Waals surface area contributed by atoms with Crippen molar-refractivity contribution in [2.75, 3.05) is 6.54 Å². The number of nitrogens with one attached hydrogen (secondary N) is 1. The number of rotatable bonds is 3. The van der Waals surface area contributed by atoms with Gasteiger partial charge in [-0.15, -0.1) is 11.3 Å². The number of hydrogen-bond acceptors (Lipinski definition) is 5. The molecule has 3 aromatic rings. The molecule has 0 radical (unpaired) electrons. The maximum absolute atomic E-state index is 13.4. The Labute approximate surface area is 152 Å². The molecule has 0 spiro atoms. The van der Waals surface area contributed by atoms with E-state index in [4.69, 9.17) is 11.6 Å². The molecule has 1 aliphatic heterocycles. The molecule has 4 rings (SSSR count). The van der Waals surface area contributed by atoms with Crippen LogP contribution in [-0.4, -0.2) is 26.4 Å². The second kappa shape index (κ2) is 6.67. The summed E-state index contributed by atoms with van der Waals surface area (Å²) in [6.07, 6.45) is 1.76. The number of nitrogens with zero attached hydrogens (tertiary/aromatic N) is 3. The van der Waals surface area contributed by atoms with Gasteiger partial charge in [0.2, 0.25) is 0 Å². The number of thiophene rings is 1. The number of hydrogen-bond donors (Lipinski definition) is 1. The van der Waals surface area contributed by atoms with Crippen molar-refractivity contribution in [1.29, 1.82) is 0 Å². The molecule has 0 amide bonds. The molecule has 5 nitrogen and oxygen atoms in total. The minimum Gasteiger partial charge on any atom is -0.306 e. The van der Waals surface area contributed by atoms with Gasteiger partial charge < -0.3 is 4.98 Å². The zero-order valence-electron chi connectivity index (χ0n) is 13.1. The van der Waals surface area contributed by atoms with Crippen molar-refractivity contribution < 1.29 is 4.39 Å². The quantitative estimate of drug-likeness (QED) is 0.713. The summed E-state index contributed by atoms with van der Waals surface area (Å²) in [5, 5.41) is 2.24. The van der Waals surface area contributed by atoms with Crippen molar-refractivity contribution >= 4 is 22.9 Å². The van der Waals surface area contributed by atoms with E-state index >= 15 is 0 Å². The monoisotopic (exact) mass is 376 g/mol. The van der Waals surface area contributed by atoms with Crippen molar-refractivity contribution in [1.82, 2.24) is 19.9 Å². The van der Waals surface area contributed by atoms with E-state index in [-0.39, 0.29) is 10.7 Å². The number of halogens is 2. The van der Waals surface area contributed by atoms with E-state index in [9.17, 15) is 9.18 Å². The Hall–Kier alpha value is -2.09. The maximum Gasteiger partial charge on any atom is 0.255 e. The first kappa shape index (κ1) is 16.4. The van der Waals surface area contributed by atoms with E-state index in [2.05, 4.69) is 15.0 Å². The van der Waals surface area contributed by atoms with Crippen molar-refractivity contribution in [3.8, 4) is 10.7 Å². The minimum absolute atomic E-state index is 0.124. The molecule has 0 fully saturated rings. The number of aromatic nitrogens is 3. The highest BCUT2D eigenvalue weighted by Crippen LogP contribution is 2.24. The Balaban J connectivity index is 1.59. The van der Waals surface area contributed by atoms with E-state index in [1.807, 2.05) is 22.4 Å². The van der Waals surface area contributed by atoms with E-state index in [0.717, 1.165) is 23.3 Å². The molecule has 0 atom stereocenters. The molecule has 0 aromatic carbocycles. The van der Waals surface area contributed by atoms with E-state index in [1.165, 1.54) is 6.07 Å². The van der Waals surface area contributed by atoms with Crippen molar-refractivity contribution in [2.45, 2.75) is 19.5 Å². The van der Waals surface area contributed by atoms with Crippen LogP contribution < -0.4 is 5.56 Å². The molecule has 25 heavy (non-hydrogen) atoms. The van der Waals surface area contributed by atoms with Gasteiger partial charge in [0, 0.05) is 31.6 Å². The molecular formula is C17H14ClFN4OS. The lowest BCUT2D eigenvalue weighted by molar-refractivity contribution is 0.241. The summed E-state index contributed by atoms with van der Waals surface area (Å²) in [4.78, 5) is 26.8. The highest BCUT2D eigenvalue weighted by molar-refractivity contribution is 7.13. The number of fused-ring (bicyclic) bond motifs is 1. The standard InChI is InChI=1S/C17H14ClFN4OS/c18-15-10(6-11(19)7-20-15)8-23-4-3-13-12(9-23)17(24)22-16(21-13)14-2-1-5-25-14/h1-2,5-7H,3-4,8-9H2,(H,21,22,24). The molecular weight excluding hydrogens is 363 g/mol. The first-order valence-corrected chi connectivity index (χ1v) is 9.04. The smallest absolute Gasteiger partial charge is 0.255 e. The minimum atomic E-state index is -0.420. The molecule has 4 heterocycles. The zero-order valence-corrected chi connectivity index (χ0v) is 14.7. The molecule has 3 aromatic heterocycles. The van der Waals surface area contributed by atoms with Crippen LogP contribution >= 0.6 is 22.9 Å². The topological polar surface area (TPSA) is 61.9 Å². The molecule has 0 aliphatic carbocycles. The molecule has 0 bridgehead atoms. The second-order valence-electron chi connectivity index (χ2n) is 5.88. The Kier molecular flexibility index (Phi) is 4.37. The molecule has 0 saturated carbocycles. The van der Waals surface area contributed by atoms with Crippen molar-refractivity contribution in [3.05, 3.63) is 67.9 Å². The van der Waals surface area contributed by atoms with Gasteiger partial charge in [-0.25, -0.2) is 14.4 Å². The lowest BCUT2D eigenvalue weighted by atomic mass is 10.1. The predicted octanol–water partition coefficient (Wildman–Crippen LogP) is 3.24. The summed E-state index contributed by atoms with van der Waals surface area (Å²) in [7, 11) is 0. The average Bonchev–Trinajstić information content (AvgIpc) is 3.13. The Morgan fingerprint density at radius 1 is 1.44 bits per heavy atom. The lowest BCUT2D eigenvalue weighted by Gasteiger charge is -2.27. The van der Waals surface area contributed by atoms with Crippen molar-refractivity contribution in [2.24, 2.45) is 0 Å². The third-order valence-electron chi connectivity index (χ3n) is 4.17. The van der Waals surface area contributed by atoms with Crippen LogP contribution in [0.3, 0.4) is 0 Å². The SMILES string of the molecule is O=c1[nH]c(-c2cccs2)nc2c1CN(Cc1cc(F)cnc1Cl)CC2. The van der Waals surface area contributed by atoms with E-state index in [1.54, 1.807) is 11.3 Å². The zero-order chi connectivity index (χ0) is 17.4. The van der Waals surface area contributed by atoms with E-state index < -0.39 is 5.82 Å². The van der Waals surface area contributed by atoms with Gasteiger partial charge in [-0.3, -0.25) is 9.69 Å². The van der Waals surface area contributed by atoms with Crippen LogP contribution in [0.2, 0.25) is 5.15 Å². The summed E-state index contributed by atoms with van der Waals surface area (Å²) < 4.78 is 13.4. The van der Waals surface area contributed by atoms with Crippen LogP contribution in [0.1, 0.15) is 16.8 Å². The van der Waals surface area contributed by atoms with Crippen LogP contribution in [0.15, 0.2) is 34.6 Å². The highest BCUT2D eigenvalue weighted by Gasteiger charge is 2.22. The summed E-state index contributed by atoms with van der Waals surface area (Å²) in [5.41, 5.74) is 1.98. The molecule has 8 heteroatoms. The highest BCUT2D eigenvalue weighted by atomic mass is 35.5. The van der Waals surface area contributed by atoms with Gasteiger partial charge in [0.1, 0.15) is 11.0 Å². The van der Waals surface area contributed by atoms with Crippen LogP contribution in [-0.2, 0) is 19.5 Å². The van der Waals surface area contributed by atoms with Gasteiger partial charge in [-0.2, -0.15) is 0 Å². The van der Waals surface area contributed by atoms with Gasteiger partial charge in [0.15, 0.2) is 5.82 Å². The van der Waals surface area contributed by atoms with Crippen LogP contribution in [0.4, 0.5) is 4.39 Å². The fourth-order valence-corrected chi connectivity index (χ4v) is 3.79. The third-order valence-corrected chi connectivity index (χ3v) is 5.39. The molecule has 0 saturated heterocycles. The maximum atomic E-state index is 13.4. The first-order valence-electron chi connectivity index (χ1n) is 7.78. The van der Waals surface area contributed by atoms with Crippen molar-refractivity contribution in [3.63, 3.8) is 0 Å². The Bertz CT molecular complexity index is 973. The number of H-pyrrole nitrogens is 1. The van der Waals surface area contributed by atoms with Gasteiger partial charge in [-0.1, -0.05) is 17.7 Å². The summed E-state index contributed by atoms with van der Waals surface area (Å²) in [5.74, 6) is 0.196. The van der Waals surface area contributed by atoms with Crippen LogP contribution in [0.5, 0.6) is 0 Å². The summed E-state index contributed by atoms with van der Waals surface area (Å²) in [6, 6.07) is 5.24. The molecule has 1 N–H and O–H groups in total. The van der Waals surface area contributed by atoms with Crippen LogP contribution in [0, 0.1) is 5.82 Å². The largest absolute Gasteiger partial charge is 0.306 e. The fraction of sp³-hybridized carbons (Fsp3) is 0.235. The number of aromatic amines is 1.